The van der Waals surface area contributed by atoms with Gasteiger partial charge in [0.15, 0.2) is 0 Å². The van der Waals surface area contributed by atoms with Gasteiger partial charge in [-0.1, -0.05) is 17.7 Å². The van der Waals surface area contributed by atoms with Crippen LogP contribution in [0.1, 0.15) is 17.8 Å². The van der Waals surface area contributed by atoms with Crippen LogP contribution in [-0.4, -0.2) is 73.3 Å². The topological polar surface area (TPSA) is 61.8 Å². The average Bonchev–Trinajstić information content (AvgIpc) is 2.80. The van der Waals surface area contributed by atoms with Crippen LogP contribution in [0.3, 0.4) is 0 Å². The molecule has 4 rings (SSSR count). The number of aryl methyl sites for hydroxylation is 2. The Bertz CT molecular complexity index is 930. The molecular formula is C22H27ClFN5O2. The monoisotopic (exact) mass is 447 g/mol. The third-order valence-corrected chi connectivity index (χ3v) is 6.00. The Morgan fingerprint density at radius 1 is 1.03 bits per heavy atom. The number of carbonyl (C=O) groups is 1. The maximum Gasteiger partial charge on any atom is 0.223 e. The molecule has 2 fully saturated rings. The zero-order chi connectivity index (χ0) is 21.8. The summed E-state index contributed by atoms with van der Waals surface area (Å²) < 4.78 is 18.7. The van der Waals surface area contributed by atoms with Gasteiger partial charge in [0.1, 0.15) is 23.3 Å². The summed E-state index contributed by atoms with van der Waals surface area (Å²) in [6.45, 7) is 7.76. The minimum Gasteiger partial charge on any atom is -0.378 e. The number of rotatable bonds is 5. The van der Waals surface area contributed by atoms with E-state index in [4.69, 9.17) is 16.3 Å². The van der Waals surface area contributed by atoms with Gasteiger partial charge in [-0.2, -0.15) is 0 Å². The third kappa shape index (κ3) is 5.43. The Morgan fingerprint density at radius 2 is 1.68 bits per heavy atom. The molecule has 31 heavy (non-hydrogen) atoms. The van der Waals surface area contributed by atoms with Gasteiger partial charge in [0.05, 0.1) is 18.2 Å². The number of benzene rings is 1. The Hall–Kier alpha value is -2.45. The van der Waals surface area contributed by atoms with Crippen LogP contribution in [0.15, 0.2) is 24.3 Å². The van der Waals surface area contributed by atoms with Gasteiger partial charge in [0, 0.05) is 51.8 Å². The van der Waals surface area contributed by atoms with Crippen LogP contribution in [0.4, 0.5) is 16.0 Å². The van der Waals surface area contributed by atoms with E-state index in [2.05, 4.69) is 19.8 Å². The van der Waals surface area contributed by atoms with Gasteiger partial charge in [0.25, 0.3) is 0 Å². The third-order valence-electron chi connectivity index (χ3n) is 5.71. The van der Waals surface area contributed by atoms with Crippen molar-refractivity contribution in [1.82, 2.24) is 14.9 Å². The van der Waals surface area contributed by atoms with Crippen molar-refractivity contribution in [3.8, 4) is 0 Å². The lowest BCUT2D eigenvalue weighted by molar-refractivity contribution is -0.131. The van der Waals surface area contributed by atoms with Crippen LogP contribution >= 0.6 is 11.6 Å². The number of amides is 1. The maximum atomic E-state index is 13.3. The lowest BCUT2D eigenvalue weighted by atomic mass is 10.1. The predicted molar refractivity (Wildman–Crippen MR) is 118 cm³/mol. The highest BCUT2D eigenvalue weighted by molar-refractivity contribution is 6.30. The Labute approximate surface area is 186 Å². The van der Waals surface area contributed by atoms with Gasteiger partial charge >= 0.3 is 0 Å². The summed E-state index contributed by atoms with van der Waals surface area (Å²) in [5.41, 5.74) is 0.866. The molecule has 0 N–H and O–H groups in total. The van der Waals surface area contributed by atoms with Crippen molar-refractivity contribution < 1.29 is 13.9 Å². The van der Waals surface area contributed by atoms with E-state index in [0.717, 1.165) is 49.2 Å². The molecule has 0 spiro atoms. The molecule has 9 heteroatoms. The largest absolute Gasteiger partial charge is 0.378 e. The summed E-state index contributed by atoms with van der Waals surface area (Å²) in [7, 11) is 0. The number of hydrogen-bond acceptors (Lipinski definition) is 6. The highest BCUT2D eigenvalue weighted by Gasteiger charge is 2.23. The molecule has 0 radical (unpaired) electrons. The van der Waals surface area contributed by atoms with Crippen molar-refractivity contribution in [2.45, 2.75) is 19.8 Å². The summed E-state index contributed by atoms with van der Waals surface area (Å²) in [4.78, 5) is 28.2. The molecule has 1 aromatic carbocycles. The van der Waals surface area contributed by atoms with Crippen LogP contribution in [-0.2, 0) is 16.0 Å². The molecule has 166 valence electrons. The number of hydrogen-bond donors (Lipinski definition) is 0. The van der Waals surface area contributed by atoms with E-state index < -0.39 is 5.82 Å². The molecule has 2 saturated heterocycles. The molecule has 0 atom stereocenters. The van der Waals surface area contributed by atoms with Gasteiger partial charge in [-0.3, -0.25) is 4.79 Å². The lowest BCUT2D eigenvalue weighted by Gasteiger charge is -2.36. The Kier molecular flexibility index (Phi) is 6.87. The van der Waals surface area contributed by atoms with Crippen molar-refractivity contribution >= 4 is 29.1 Å². The van der Waals surface area contributed by atoms with Crippen molar-refractivity contribution in [2.75, 3.05) is 62.3 Å². The number of anilines is 2. The number of morpholine rings is 1. The molecule has 2 aliphatic rings. The fraction of sp³-hybridized carbons (Fsp3) is 0.500. The van der Waals surface area contributed by atoms with Gasteiger partial charge in [-0.25, -0.2) is 14.4 Å². The smallest absolute Gasteiger partial charge is 0.223 e. The number of halogens is 2. The summed E-state index contributed by atoms with van der Waals surface area (Å²) in [6.07, 6.45) is 0.933. The SMILES string of the molecule is Cc1nc(N2CCOCC2)cc(N2CCN(C(=O)CCc3ccc(F)c(Cl)c3)CC2)n1. The number of carbonyl (C=O) groups excluding carboxylic acids is 1. The Morgan fingerprint density at radius 3 is 2.32 bits per heavy atom. The van der Waals surface area contributed by atoms with E-state index in [1.54, 1.807) is 12.1 Å². The second-order valence-corrected chi connectivity index (χ2v) is 8.25. The molecule has 2 aromatic rings. The predicted octanol–water partition coefficient (Wildman–Crippen LogP) is 2.70. The second-order valence-electron chi connectivity index (χ2n) is 7.85. The van der Waals surface area contributed by atoms with E-state index in [-0.39, 0.29) is 10.9 Å². The molecule has 2 aliphatic heterocycles. The summed E-state index contributed by atoms with van der Waals surface area (Å²) in [5.74, 6) is 2.25. The number of nitrogens with zero attached hydrogens (tertiary/aromatic N) is 5. The van der Waals surface area contributed by atoms with Gasteiger partial charge in [0.2, 0.25) is 5.91 Å². The van der Waals surface area contributed by atoms with E-state index in [1.165, 1.54) is 6.07 Å². The molecule has 7 nitrogen and oxygen atoms in total. The molecule has 1 amide bonds. The van der Waals surface area contributed by atoms with E-state index in [1.807, 2.05) is 17.9 Å². The Balaban J connectivity index is 1.32. The first-order chi connectivity index (χ1) is 15.0. The second kappa shape index (κ2) is 9.78. The van der Waals surface area contributed by atoms with Crippen molar-refractivity contribution in [1.29, 1.82) is 0 Å². The fourth-order valence-corrected chi connectivity index (χ4v) is 4.15. The van der Waals surface area contributed by atoms with Crippen molar-refractivity contribution in [2.24, 2.45) is 0 Å². The number of piperazine rings is 1. The lowest BCUT2D eigenvalue weighted by Crippen LogP contribution is -2.49. The highest BCUT2D eigenvalue weighted by Crippen LogP contribution is 2.22. The van der Waals surface area contributed by atoms with Crippen LogP contribution < -0.4 is 9.80 Å². The van der Waals surface area contributed by atoms with E-state index in [9.17, 15) is 9.18 Å². The fourth-order valence-electron chi connectivity index (χ4n) is 3.94. The van der Waals surface area contributed by atoms with E-state index in [0.29, 0.717) is 39.1 Å². The molecule has 1 aromatic heterocycles. The summed E-state index contributed by atoms with van der Waals surface area (Å²) in [5, 5.41) is 0.0927. The zero-order valence-corrected chi connectivity index (χ0v) is 18.4. The molecule has 0 unspecified atom stereocenters. The molecule has 3 heterocycles. The minimum absolute atomic E-state index is 0.0927. The average molecular weight is 448 g/mol. The van der Waals surface area contributed by atoms with Gasteiger partial charge in [-0.15, -0.1) is 0 Å². The number of aromatic nitrogens is 2. The number of ether oxygens (including phenoxy) is 1. The standard InChI is InChI=1S/C22H27ClFN5O2/c1-16-25-20(15-21(26-16)28-10-12-31-13-11-28)27-6-8-29(9-7-27)22(30)5-3-17-2-4-19(24)18(23)14-17/h2,4,14-15H,3,5-13H2,1H3. The van der Waals surface area contributed by atoms with Gasteiger partial charge in [-0.05, 0) is 31.0 Å². The molecule has 0 saturated carbocycles. The normalized spacial score (nSPS) is 17.2. The van der Waals surface area contributed by atoms with E-state index >= 15 is 0 Å². The quantitative estimate of drug-likeness (QED) is 0.702. The molecular weight excluding hydrogens is 421 g/mol. The first kappa shape index (κ1) is 21.8. The molecule has 0 bridgehead atoms. The van der Waals surface area contributed by atoms with Gasteiger partial charge < -0.3 is 19.4 Å². The maximum absolute atomic E-state index is 13.3. The van der Waals surface area contributed by atoms with Crippen molar-refractivity contribution in [3.05, 3.63) is 46.5 Å². The summed E-state index contributed by atoms with van der Waals surface area (Å²) >= 11 is 5.83. The molecule has 0 aliphatic carbocycles. The summed E-state index contributed by atoms with van der Waals surface area (Å²) in [6, 6.07) is 6.64. The van der Waals surface area contributed by atoms with Crippen molar-refractivity contribution in [3.63, 3.8) is 0 Å². The zero-order valence-electron chi connectivity index (χ0n) is 17.7. The minimum atomic E-state index is -0.440. The first-order valence-electron chi connectivity index (χ1n) is 10.6. The van der Waals surface area contributed by atoms with Crippen LogP contribution in [0.2, 0.25) is 5.02 Å². The van der Waals surface area contributed by atoms with Crippen LogP contribution in [0.5, 0.6) is 0 Å². The highest BCUT2D eigenvalue weighted by atomic mass is 35.5. The van der Waals surface area contributed by atoms with Crippen LogP contribution in [0, 0.1) is 12.7 Å². The van der Waals surface area contributed by atoms with Crippen LogP contribution in [0.25, 0.3) is 0 Å². The first-order valence-corrected chi connectivity index (χ1v) is 11.0.